The quantitative estimate of drug-likeness (QED) is 0.176. The number of hydrogen-bond acceptors (Lipinski definition) is 4. The molecule has 1 N–H and O–H groups in total. The molecule has 7 nitrogen and oxygen atoms in total. The van der Waals surface area contributed by atoms with Gasteiger partial charge >= 0.3 is 0 Å². The molecule has 8 heteroatoms. The van der Waals surface area contributed by atoms with Gasteiger partial charge in [0.15, 0.2) is 0 Å². The Bertz CT molecular complexity index is 1630. The largest absolute Gasteiger partial charge is 0.354 e. The van der Waals surface area contributed by atoms with E-state index in [2.05, 4.69) is 5.32 Å². The van der Waals surface area contributed by atoms with Crippen LogP contribution in [0.2, 0.25) is 0 Å². The molecule has 230 valence electrons. The van der Waals surface area contributed by atoms with Gasteiger partial charge in [-0.15, -0.1) is 0 Å². The summed E-state index contributed by atoms with van der Waals surface area (Å²) >= 11 is 0. The highest BCUT2D eigenvalue weighted by Crippen LogP contribution is 2.28. The van der Waals surface area contributed by atoms with Crippen molar-refractivity contribution in [2.45, 2.75) is 57.5 Å². The highest BCUT2D eigenvalue weighted by molar-refractivity contribution is 7.92. The second-order valence-electron chi connectivity index (χ2n) is 11.0. The number of unbranched alkanes of at least 4 members (excludes halogenated alkanes) is 1. The van der Waals surface area contributed by atoms with Crippen molar-refractivity contribution in [2.24, 2.45) is 0 Å². The molecule has 0 aromatic heterocycles. The molecule has 2 amide bonds. The minimum Gasteiger partial charge on any atom is -0.354 e. The van der Waals surface area contributed by atoms with Gasteiger partial charge in [-0.05, 0) is 60.7 Å². The second kappa shape index (κ2) is 15.3. The van der Waals surface area contributed by atoms with Gasteiger partial charge in [-0.1, -0.05) is 104 Å². The molecule has 0 radical (unpaired) electrons. The Hall–Kier alpha value is -4.43. The zero-order chi connectivity index (χ0) is 31.5. The zero-order valence-corrected chi connectivity index (χ0v) is 26.5. The lowest BCUT2D eigenvalue weighted by atomic mass is 10.0. The maximum atomic E-state index is 14.5. The Morgan fingerprint density at radius 2 is 1.39 bits per heavy atom. The number of nitrogens with one attached hydrogen (secondary N) is 1. The van der Waals surface area contributed by atoms with Crippen LogP contribution >= 0.6 is 0 Å². The third kappa shape index (κ3) is 8.35. The molecule has 0 bridgehead atoms. The van der Waals surface area contributed by atoms with Crippen molar-refractivity contribution in [1.29, 1.82) is 0 Å². The fourth-order valence-electron chi connectivity index (χ4n) is 5.06. The average Bonchev–Trinajstić information content (AvgIpc) is 3.04. The molecule has 0 saturated carbocycles. The van der Waals surface area contributed by atoms with Gasteiger partial charge in [0.05, 0.1) is 10.6 Å². The predicted molar refractivity (Wildman–Crippen MR) is 176 cm³/mol. The summed E-state index contributed by atoms with van der Waals surface area (Å²) in [6.45, 7) is 5.93. The third-order valence-corrected chi connectivity index (χ3v) is 9.31. The van der Waals surface area contributed by atoms with E-state index >= 15 is 0 Å². The number of sulfonamides is 1. The van der Waals surface area contributed by atoms with Gasteiger partial charge in [-0.2, -0.15) is 0 Å². The molecule has 4 aromatic carbocycles. The van der Waals surface area contributed by atoms with Crippen LogP contribution in [-0.2, 0) is 32.6 Å². The number of rotatable bonds is 14. The summed E-state index contributed by atoms with van der Waals surface area (Å²) in [5, 5.41) is 3.02. The van der Waals surface area contributed by atoms with Crippen molar-refractivity contribution >= 4 is 27.5 Å². The lowest BCUT2D eigenvalue weighted by Gasteiger charge is -2.34. The Morgan fingerprint density at radius 3 is 2.00 bits per heavy atom. The molecule has 0 unspecified atom stereocenters. The number of anilines is 1. The van der Waals surface area contributed by atoms with Crippen LogP contribution in [0.4, 0.5) is 5.69 Å². The third-order valence-electron chi connectivity index (χ3n) is 7.54. The van der Waals surface area contributed by atoms with Crippen LogP contribution in [0.15, 0.2) is 114 Å². The molecule has 1 atom stereocenters. The van der Waals surface area contributed by atoms with E-state index in [9.17, 15) is 18.0 Å². The van der Waals surface area contributed by atoms with Crippen molar-refractivity contribution in [3.63, 3.8) is 0 Å². The Balaban J connectivity index is 1.79. The number of carbonyl (C=O) groups is 2. The van der Waals surface area contributed by atoms with Crippen LogP contribution in [0, 0.1) is 13.8 Å². The lowest BCUT2D eigenvalue weighted by Crippen LogP contribution is -2.53. The Morgan fingerprint density at radius 1 is 0.795 bits per heavy atom. The minimum atomic E-state index is -4.13. The molecule has 4 rings (SSSR count). The van der Waals surface area contributed by atoms with Crippen molar-refractivity contribution in [2.75, 3.05) is 17.4 Å². The summed E-state index contributed by atoms with van der Waals surface area (Å²) in [5.74, 6) is -0.739. The first-order chi connectivity index (χ1) is 21.2. The van der Waals surface area contributed by atoms with E-state index in [-0.39, 0.29) is 23.8 Å². The monoisotopic (exact) mass is 611 g/mol. The summed E-state index contributed by atoms with van der Waals surface area (Å²) in [6, 6.07) is 31.8. The highest BCUT2D eigenvalue weighted by atomic mass is 32.2. The molecule has 0 fully saturated rings. The number of carbonyl (C=O) groups excluding carboxylic acids is 2. The maximum absolute atomic E-state index is 14.5. The van der Waals surface area contributed by atoms with Crippen LogP contribution in [-0.4, -0.2) is 44.3 Å². The summed E-state index contributed by atoms with van der Waals surface area (Å²) in [7, 11) is -4.13. The molecule has 4 aromatic rings. The highest BCUT2D eigenvalue weighted by Gasteiger charge is 2.35. The van der Waals surface area contributed by atoms with Crippen molar-refractivity contribution in [1.82, 2.24) is 10.2 Å². The number of hydrogen-bond donors (Lipinski definition) is 1. The zero-order valence-electron chi connectivity index (χ0n) is 25.6. The lowest BCUT2D eigenvalue weighted by molar-refractivity contribution is -0.140. The molecule has 0 aliphatic heterocycles. The van der Waals surface area contributed by atoms with Crippen molar-refractivity contribution in [3.8, 4) is 0 Å². The van der Waals surface area contributed by atoms with Gasteiger partial charge < -0.3 is 10.2 Å². The fraction of sp³-hybridized carbons (Fsp3) is 0.278. The van der Waals surface area contributed by atoms with Crippen LogP contribution in [0.25, 0.3) is 0 Å². The molecule has 0 aliphatic carbocycles. The van der Waals surface area contributed by atoms with Crippen molar-refractivity contribution in [3.05, 3.63) is 131 Å². The maximum Gasteiger partial charge on any atom is 0.264 e. The SMILES string of the molecule is CCCCNC(=O)[C@@H](Cc1ccccc1)N(Cc1ccccc1)C(=O)CN(c1cc(C)ccc1C)S(=O)(=O)c1ccccc1. The molecule has 0 aliphatic rings. The number of nitrogens with zero attached hydrogens (tertiary/aromatic N) is 2. The van der Waals surface area contributed by atoms with Gasteiger partial charge in [-0.3, -0.25) is 13.9 Å². The number of amides is 2. The van der Waals surface area contributed by atoms with Crippen LogP contribution < -0.4 is 9.62 Å². The number of benzene rings is 4. The molecule has 0 saturated heterocycles. The minimum absolute atomic E-state index is 0.0847. The standard InChI is InChI=1S/C36H41N3O4S/c1-4-5-23-37-36(41)34(25-30-15-9-6-10-16-30)38(26-31-17-11-7-12-18-31)35(40)27-39(33-24-28(2)21-22-29(33)3)44(42,43)32-19-13-8-14-20-32/h6-22,24,34H,4-5,23,25-27H2,1-3H3,(H,37,41)/t34-/m1/s1. The first-order valence-corrected chi connectivity index (χ1v) is 16.4. The predicted octanol–water partition coefficient (Wildman–Crippen LogP) is 6.06. The first-order valence-electron chi connectivity index (χ1n) is 15.0. The summed E-state index contributed by atoms with van der Waals surface area (Å²) in [6.07, 6.45) is 2.01. The van der Waals surface area contributed by atoms with E-state index in [0.717, 1.165) is 35.1 Å². The van der Waals surface area contributed by atoms with E-state index in [0.29, 0.717) is 12.2 Å². The van der Waals surface area contributed by atoms with Crippen LogP contribution in [0.1, 0.15) is 42.0 Å². The van der Waals surface area contributed by atoms with Crippen LogP contribution in [0.3, 0.4) is 0 Å². The van der Waals surface area contributed by atoms with E-state index in [1.54, 1.807) is 24.3 Å². The molecule has 0 spiro atoms. The van der Waals surface area contributed by atoms with Gasteiger partial charge in [0, 0.05) is 19.5 Å². The molecular weight excluding hydrogens is 570 g/mol. The molecule has 0 heterocycles. The summed E-state index contributed by atoms with van der Waals surface area (Å²) in [4.78, 5) is 29.9. The summed E-state index contributed by atoms with van der Waals surface area (Å²) in [5.41, 5.74) is 3.75. The van der Waals surface area contributed by atoms with E-state index < -0.39 is 28.5 Å². The van der Waals surface area contributed by atoms with Gasteiger partial charge in [-0.25, -0.2) is 8.42 Å². The van der Waals surface area contributed by atoms with E-state index in [1.165, 1.54) is 21.3 Å². The van der Waals surface area contributed by atoms with E-state index in [4.69, 9.17) is 0 Å². The van der Waals surface area contributed by atoms with Crippen molar-refractivity contribution < 1.29 is 18.0 Å². The second-order valence-corrected chi connectivity index (χ2v) is 12.8. The smallest absolute Gasteiger partial charge is 0.264 e. The fourth-order valence-corrected chi connectivity index (χ4v) is 6.55. The van der Waals surface area contributed by atoms with E-state index in [1.807, 2.05) is 93.6 Å². The van der Waals surface area contributed by atoms with Crippen LogP contribution in [0.5, 0.6) is 0 Å². The molecule has 44 heavy (non-hydrogen) atoms. The first kappa shape index (κ1) is 32.5. The topological polar surface area (TPSA) is 86.8 Å². The van der Waals surface area contributed by atoms with Gasteiger partial charge in [0.1, 0.15) is 12.6 Å². The Kier molecular flexibility index (Phi) is 11.3. The molecular formula is C36H41N3O4S. The summed E-state index contributed by atoms with van der Waals surface area (Å²) < 4.78 is 29.5. The number of aryl methyl sites for hydroxylation is 2. The van der Waals surface area contributed by atoms with Gasteiger partial charge in [0.25, 0.3) is 10.0 Å². The average molecular weight is 612 g/mol. The van der Waals surface area contributed by atoms with Gasteiger partial charge in [0.2, 0.25) is 11.8 Å². The normalized spacial score (nSPS) is 11.9. The Labute approximate surface area is 261 Å².